The Morgan fingerprint density at radius 3 is 2.71 bits per heavy atom. The molecule has 2 nitrogen and oxygen atoms in total. The Morgan fingerprint density at radius 1 is 1.35 bits per heavy atom. The average molecular weight is 252 g/mol. The number of imidazole rings is 1. The molecule has 0 amide bonds. The van der Waals surface area contributed by atoms with Crippen LogP contribution in [0, 0.1) is 16.0 Å². The maximum Gasteiger partial charge on any atom is 0.178 e. The van der Waals surface area contributed by atoms with Gasteiger partial charge in [0.15, 0.2) is 4.77 Å². The highest BCUT2D eigenvalue weighted by Gasteiger charge is 2.12. The third kappa shape index (κ3) is 2.75. The Labute approximate surface area is 105 Å². The molecule has 0 unspecified atom stereocenters. The zero-order valence-electron chi connectivity index (χ0n) is 10.4. The van der Waals surface area contributed by atoms with Crippen LogP contribution in [0.15, 0.2) is 18.2 Å². The van der Waals surface area contributed by atoms with Crippen LogP contribution in [-0.4, -0.2) is 9.55 Å². The lowest BCUT2D eigenvalue weighted by Gasteiger charge is -2.18. The van der Waals surface area contributed by atoms with E-state index in [4.69, 9.17) is 12.2 Å². The van der Waals surface area contributed by atoms with Crippen molar-refractivity contribution in [3.05, 3.63) is 28.8 Å². The van der Waals surface area contributed by atoms with E-state index in [1.165, 1.54) is 12.1 Å². The standard InChI is InChI=1S/C13H17FN2S/c1-13(2,3)6-7-16-11-5-4-9(14)8-10(11)15-12(16)17/h4-5,8H,6-7H2,1-3H3,(H,15,17). The van der Waals surface area contributed by atoms with Crippen molar-refractivity contribution in [1.82, 2.24) is 9.55 Å². The lowest BCUT2D eigenvalue weighted by Crippen LogP contribution is -2.10. The summed E-state index contributed by atoms with van der Waals surface area (Å²) in [6.07, 6.45) is 1.03. The number of aromatic nitrogens is 2. The molecular weight excluding hydrogens is 235 g/mol. The minimum Gasteiger partial charge on any atom is -0.330 e. The Balaban J connectivity index is 2.40. The number of hydrogen-bond donors (Lipinski definition) is 1. The number of aromatic amines is 1. The lowest BCUT2D eigenvalue weighted by molar-refractivity contribution is 0.352. The molecule has 1 aromatic carbocycles. The van der Waals surface area contributed by atoms with Crippen LogP contribution in [0.2, 0.25) is 0 Å². The first kappa shape index (κ1) is 12.3. The van der Waals surface area contributed by atoms with Gasteiger partial charge in [-0.2, -0.15) is 0 Å². The van der Waals surface area contributed by atoms with E-state index in [-0.39, 0.29) is 11.2 Å². The summed E-state index contributed by atoms with van der Waals surface area (Å²) in [6.45, 7) is 7.45. The third-order valence-corrected chi connectivity index (χ3v) is 3.14. The van der Waals surface area contributed by atoms with E-state index in [1.807, 2.05) is 4.57 Å². The van der Waals surface area contributed by atoms with Gasteiger partial charge in [-0.15, -0.1) is 0 Å². The molecule has 0 aliphatic carbocycles. The van der Waals surface area contributed by atoms with Crippen LogP contribution in [0.5, 0.6) is 0 Å². The number of nitrogens with zero attached hydrogens (tertiary/aromatic N) is 1. The van der Waals surface area contributed by atoms with E-state index in [0.29, 0.717) is 4.77 Å². The summed E-state index contributed by atoms with van der Waals surface area (Å²) in [5.74, 6) is -0.239. The van der Waals surface area contributed by atoms with E-state index in [1.54, 1.807) is 6.07 Å². The molecular formula is C13H17FN2S. The summed E-state index contributed by atoms with van der Waals surface area (Å²) in [5.41, 5.74) is 2.00. The molecule has 0 bridgehead atoms. The SMILES string of the molecule is CC(C)(C)CCn1c(=S)[nH]c2cc(F)ccc21. The van der Waals surface area contributed by atoms with Crippen molar-refractivity contribution >= 4 is 23.3 Å². The first-order chi connectivity index (χ1) is 7.87. The molecule has 0 fully saturated rings. The second kappa shape index (κ2) is 4.26. The summed E-state index contributed by atoms with van der Waals surface area (Å²) < 4.78 is 15.8. The van der Waals surface area contributed by atoms with Crippen LogP contribution >= 0.6 is 12.2 Å². The van der Waals surface area contributed by atoms with E-state index < -0.39 is 0 Å². The van der Waals surface area contributed by atoms with E-state index in [2.05, 4.69) is 25.8 Å². The normalized spacial score (nSPS) is 12.2. The second-order valence-corrected chi connectivity index (χ2v) is 5.94. The molecule has 92 valence electrons. The van der Waals surface area contributed by atoms with Crippen LogP contribution in [0.1, 0.15) is 27.2 Å². The third-order valence-electron chi connectivity index (χ3n) is 2.82. The van der Waals surface area contributed by atoms with Crippen molar-refractivity contribution in [1.29, 1.82) is 0 Å². The van der Waals surface area contributed by atoms with Crippen LogP contribution < -0.4 is 0 Å². The number of hydrogen-bond acceptors (Lipinski definition) is 1. The maximum absolute atomic E-state index is 13.1. The van der Waals surface area contributed by atoms with Gasteiger partial charge in [0.1, 0.15) is 5.82 Å². The summed E-state index contributed by atoms with van der Waals surface area (Å²) in [5, 5.41) is 0. The molecule has 0 saturated heterocycles. The number of H-pyrrole nitrogens is 1. The molecule has 4 heteroatoms. The second-order valence-electron chi connectivity index (χ2n) is 5.55. The molecule has 0 radical (unpaired) electrons. The topological polar surface area (TPSA) is 20.7 Å². The number of aryl methyl sites for hydroxylation is 1. The van der Waals surface area contributed by atoms with Crippen molar-refractivity contribution in [3.8, 4) is 0 Å². The van der Waals surface area contributed by atoms with E-state index in [9.17, 15) is 4.39 Å². The van der Waals surface area contributed by atoms with Gasteiger partial charge in [0, 0.05) is 6.54 Å². The predicted octanol–water partition coefficient (Wildman–Crippen LogP) is 4.27. The van der Waals surface area contributed by atoms with Crippen LogP contribution in [0.4, 0.5) is 4.39 Å². The highest BCUT2D eigenvalue weighted by Crippen LogP contribution is 2.22. The highest BCUT2D eigenvalue weighted by molar-refractivity contribution is 7.71. The van der Waals surface area contributed by atoms with Gasteiger partial charge in [-0.25, -0.2) is 4.39 Å². The van der Waals surface area contributed by atoms with Gasteiger partial charge in [-0.05, 0) is 42.3 Å². The fourth-order valence-corrected chi connectivity index (χ4v) is 2.10. The molecule has 1 heterocycles. The molecule has 2 aromatic rings. The minimum atomic E-state index is -0.239. The van der Waals surface area contributed by atoms with Gasteiger partial charge in [0.2, 0.25) is 0 Å². The largest absolute Gasteiger partial charge is 0.330 e. The lowest BCUT2D eigenvalue weighted by atomic mass is 9.92. The zero-order valence-corrected chi connectivity index (χ0v) is 11.2. The molecule has 1 N–H and O–H groups in total. The van der Waals surface area contributed by atoms with Gasteiger partial charge in [-0.3, -0.25) is 0 Å². The summed E-state index contributed by atoms with van der Waals surface area (Å²) in [6, 6.07) is 4.73. The fourth-order valence-electron chi connectivity index (χ4n) is 1.81. The van der Waals surface area contributed by atoms with Gasteiger partial charge in [0.25, 0.3) is 0 Å². The monoisotopic (exact) mass is 252 g/mol. The van der Waals surface area contributed by atoms with Crippen molar-refractivity contribution in [2.45, 2.75) is 33.7 Å². The number of fused-ring (bicyclic) bond motifs is 1. The molecule has 0 spiro atoms. The Kier molecular flexibility index (Phi) is 3.08. The summed E-state index contributed by atoms with van der Waals surface area (Å²) >= 11 is 5.27. The van der Waals surface area contributed by atoms with Gasteiger partial charge >= 0.3 is 0 Å². The molecule has 1 aromatic heterocycles. The first-order valence-electron chi connectivity index (χ1n) is 5.75. The number of nitrogens with one attached hydrogen (secondary N) is 1. The number of halogens is 1. The maximum atomic E-state index is 13.1. The molecule has 2 rings (SSSR count). The van der Waals surface area contributed by atoms with Crippen molar-refractivity contribution in [2.75, 3.05) is 0 Å². The van der Waals surface area contributed by atoms with Gasteiger partial charge in [0.05, 0.1) is 11.0 Å². The van der Waals surface area contributed by atoms with Crippen molar-refractivity contribution in [2.24, 2.45) is 5.41 Å². The molecule has 0 aliphatic heterocycles. The molecule has 0 saturated carbocycles. The van der Waals surface area contributed by atoms with E-state index >= 15 is 0 Å². The smallest absolute Gasteiger partial charge is 0.178 e. The number of benzene rings is 1. The first-order valence-corrected chi connectivity index (χ1v) is 6.16. The molecule has 0 atom stereocenters. The van der Waals surface area contributed by atoms with Crippen molar-refractivity contribution in [3.63, 3.8) is 0 Å². The van der Waals surface area contributed by atoms with Crippen LogP contribution in [0.25, 0.3) is 11.0 Å². The molecule has 17 heavy (non-hydrogen) atoms. The van der Waals surface area contributed by atoms with E-state index in [0.717, 1.165) is 24.0 Å². The Bertz CT molecular complexity index is 589. The Hall–Kier alpha value is -1.16. The predicted molar refractivity (Wildman–Crippen MR) is 71.2 cm³/mol. The molecule has 0 aliphatic rings. The van der Waals surface area contributed by atoms with Gasteiger partial charge in [-0.1, -0.05) is 20.8 Å². The summed E-state index contributed by atoms with van der Waals surface area (Å²) in [7, 11) is 0. The Morgan fingerprint density at radius 2 is 2.06 bits per heavy atom. The summed E-state index contributed by atoms with van der Waals surface area (Å²) in [4.78, 5) is 3.04. The van der Waals surface area contributed by atoms with Crippen LogP contribution in [-0.2, 0) is 6.54 Å². The quantitative estimate of drug-likeness (QED) is 0.791. The number of rotatable bonds is 2. The minimum absolute atomic E-state index is 0.239. The fraction of sp³-hybridized carbons (Fsp3) is 0.462. The van der Waals surface area contributed by atoms with Crippen molar-refractivity contribution < 1.29 is 4.39 Å². The zero-order chi connectivity index (χ0) is 12.6. The van der Waals surface area contributed by atoms with Gasteiger partial charge < -0.3 is 9.55 Å². The van der Waals surface area contributed by atoms with Crippen LogP contribution in [0.3, 0.4) is 0 Å². The average Bonchev–Trinajstić information content (AvgIpc) is 2.48. The highest BCUT2D eigenvalue weighted by atomic mass is 32.1.